The molecule has 4 N–H and O–H groups in total. The molecule has 0 bridgehead atoms. The number of aromatic hydroxyl groups is 2. The molecule has 8 nitrogen and oxygen atoms in total. The SMILES string of the molecule is Cc1ncc(CN(C)CCN(C)Cc2cnc(C)c(O)c2CO)c(CO)c1O. The van der Waals surface area contributed by atoms with Crippen molar-refractivity contribution in [2.24, 2.45) is 0 Å². The van der Waals surface area contributed by atoms with Crippen LogP contribution < -0.4 is 0 Å². The van der Waals surface area contributed by atoms with Gasteiger partial charge in [-0.2, -0.15) is 0 Å². The monoisotopic (exact) mass is 390 g/mol. The van der Waals surface area contributed by atoms with E-state index >= 15 is 0 Å². The maximum atomic E-state index is 10.1. The Hall–Kier alpha value is -2.26. The summed E-state index contributed by atoms with van der Waals surface area (Å²) in [4.78, 5) is 12.5. The van der Waals surface area contributed by atoms with Gasteiger partial charge in [0.15, 0.2) is 0 Å². The van der Waals surface area contributed by atoms with Crippen molar-refractivity contribution in [2.75, 3.05) is 27.2 Å². The van der Waals surface area contributed by atoms with Gasteiger partial charge in [0.1, 0.15) is 11.5 Å². The first-order valence-corrected chi connectivity index (χ1v) is 9.19. The molecule has 8 heteroatoms. The van der Waals surface area contributed by atoms with Crippen LogP contribution in [0, 0.1) is 13.8 Å². The van der Waals surface area contributed by atoms with Crippen molar-refractivity contribution < 1.29 is 20.4 Å². The van der Waals surface area contributed by atoms with Gasteiger partial charge in [-0.15, -0.1) is 0 Å². The predicted octanol–water partition coefficient (Wildman–Crippen LogP) is 1.05. The largest absolute Gasteiger partial charge is 0.506 e. The summed E-state index contributed by atoms with van der Waals surface area (Å²) in [5.41, 5.74) is 3.63. The van der Waals surface area contributed by atoms with E-state index in [4.69, 9.17) is 0 Å². The minimum absolute atomic E-state index is 0.0497. The molecule has 2 heterocycles. The number of hydrogen-bond donors (Lipinski definition) is 4. The lowest BCUT2D eigenvalue weighted by molar-refractivity contribution is 0.237. The van der Waals surface area contributed by atoms with Crippen LogP contribution in [0.5, 0.6) is 11.5 Å². The summed E-state index contributed by atoms with van der Waals surface area (Å²) >= 11 is 0. The average molecular weight is 390 g/mol. The fourth-order valence-electron chi connectivity index (χ4n) is 3.08. The molecule has 0 aliphatic rings. The van der Waals surface area contributed by atoms with E-state index in [2.05, 4.69) is 19.8 Å². The number of nitrogens with zero attached hydrogens (tertiary/aromatic N) is 4. The van der Waals surface area contributed by atoms with Crippen LogP contribution in [0.3, 0.4) is 0 Å². The first-order chi connectivity index (χ1) is 13.3. The van der Waals surface area contributed by atoms with Gasteiger partial charge >= 0.3 is 0 Å². The summed E-state index contributed by atoms with van der Waals surface area (Å²) in [6.45, 7) is 5.55. The van der Waals surface area contributed by atoms with Crippen molar-refractivity contribution in [1.29, 1.82) is 0 Å². The summed E-state index contributed by atoms with van der Waals surface area (Å²) < 4.78 is 0. The maximum absolute atomic E-state index is 10.1. The maximum Gasteiger partial charge on any atom is 0.142 e. The molecule has 0 unspecified atom stereocenters. The Morgan fingerprint density at radius 1 is 0.750 bits per heavy atom. The van der Waals surface area contributed by atoms with E-state index in [1.54, 1.807) is 26.2 Å². The fraction of sp³-hybridized carbons (Fsp3) is 0.500. The molecule has 2 aromatic rings. The van der Waals surface area contributed by atoms with Crippen molar-refractivity contribution >= 4 is 0 Å². The number of aryl methyl sites for hydroxylation is 2. The second kappa shape index (κ2) is 9.79. The molecule has 0 radical (unpaired) electrons. The highest BCUT2D eigenvalue weighted by atomic mass is 16.3. The van der Waals surface area contributed by atoms with E-state index < -0.39 is 0 Å². The molecule has 0 aromatic carbocycles. The quantitative estimate of drug-likeness (QED) is 0.503. The number of likely N-dealkylation sites (N-methyl/N-ethyl adjacent to an activating group) is 2. The third kappa shape index (κ3) is 5.17. The third-order valence-electron chi connectivity index (χ3n) is 4.92. The van der Waals surface area contributed by atoms with E-state index in [-0.39, 0.29) is 24.7 Å². The molecule has 0 aliphatic carbocycles. The molecule has 154 valence electrons. The predicted molar refractivity (Wildman–Crippen MR) is 106 cm³/mol. The zero-order valence-corrected chi connectivity index (χ0v) is 17.0. The minimum Gasteiger partial charge on any atom is -0.506 e. The molecule has 28 heavy (non-hydrogen) atoms. The van der Waals surface area contributed by atoms with E-state index in [0.29, 0.717) is 35.6 Å². The number of rotatable bonds is 9. The Labute approximate surface area is 165 Å². The third-order valence-corrected chi connectivity index (χ3v) is 4.92. The molecule has 0 saturated heterocycles. The van der Waals surface area contributed by atoms with Crippen LogP contribution in [0.1, 0.15) is 33.6 Å². The van der Waals surface area contributed by atoms with Crippen molar-refractivity contribution in [3.05, 3.63) is 46.0 Å². The van der Waals surface area contributed by atoms with E-state index in [0.717, 1.165) is 24.2 Å². The molecular formula is C20H30N4O4. The molecule has 0 amide bonds. The smallest absolute Gasteiger partial charge is 0.142 e. The number of aliphatic hydroxyl groups is 2. The van der Waals surface area contributed by atoms with Gasteiger partial charge in [0.25, 0.3) is 0 Å². The number of aromatic nitrogens is 2. The Morgan fingerprint density at radius 2 is 1.11 bits per heavy atom. The summed E-state index contributed by atoms with van der Waals surface area (Å²) in [6, 6.07) is 0. The first kappa shape index (κ1) is 22.0. The molecule has 0 spiro atoms. The Morgan fingerprint density at radius 3 is 1.43 bits per heavy atom. The van der Waals surface area contributed by atoms with Gasteiger partial charge in [-0.05, 0) is 39.1 Å². The van der Waals surface area contributed by atoms with Gasteiger partial charge in [0, 0.05) is 49.7 Å². The van der Waals surface area contributed by atoms with Crippen LogP contribution in [0.25, 0.3) is 0 Å². The number of aliphatic hydroxyl groups excluding tert-OH is 2. The summed E-state index contributed by atoms with van der Waals surface area (Å²) in [6.07, 6.45) is 3.38. The van der Waals surface area contributed by atoms with Crippen LogP contribution in [0.4, 0.5) is 0 Å². The Balaban J connectivity index is 1.96. The van der Waals surface area contributed by atoms with Crippen LogP contribution in [-0.2, 0) is 26.3 Å². The molecule has 0 fully saturated rings. The number of hydrogen-bond acceptors (Lipinski definition) is 8. The fourth-order valence-corrected chi connectivity index (χ4v) is 3.08. The average Bonchev–Trinajstić information content (AvgIpc) is 2.66. The molecule has 0 aliphatic heterocycles. The van der Waals surface area contributed by atoms with E-state index in [1.165, 1.54) is 0 Å². The molecule has 2 aromatic heterocycles. The van der Waals surface area contributed by atoms with Crippen molar-refractivity contribution in [2.45, 2.75) is 40.2 Å². The van der Waals surface area contributed by atoms with Gasteiger partial charge in [-0.25, -0.2) is 0 Å². The summed E-state index contributed by atoms with van der Waals surface area (Å²) in [5, 5.41) is 39.2. The Kier molecular flexibility index (Phi) is 7.70. The highest BCUT2D eigenvalue weighted by molar-refractivity contribution is 5.41. The number of pyridine rings is 2. The highest BCUT2D eigenvalue weighted by Gasteiger charge is 2.15. The zero-order valence-electron chi connectivity index (χ0n) is 17.0. The Bertz CT molecular complexity index is 746. The van der Waals surface area contributed by atoms with Gasteiger partial charge in [0.2, 0.25) is 0 Å². The normalized spacial score (nSPS) is 11.6. The zero-order chi connectivity index (χ0) is 20.8. The summed E-state index contributed by atoms with van der Waals surface area (Å²) in [5.74, 6) is 0.0995. The van der Waals surface area contributed by atoms with Crippen LogP contribution in [-0.4, -0.2) is 67.4 Å². The van der Waals surface area contributed by atoms with Gasteiger partial charge in [-0.1, -0.05) is 0 Å². The minimum atomic E-state index is -0.230. The highest BCUT2D eigenvalue weighted by Crippen LogP contribution is 2.25. The molecule has 0 saturated carbocycles. The lowest BCUT2D eigenvalue weighted by Gasteiger charge is -2.24. The van der Waals surface area contributed by atoms with E-state index in [9.17, 15) is 20.4 Å². The lowest BCUT2D eigenvalue weighted by atomic mass is 10.1. The van der Waals surface area contributed by atoms with Crippen molar-refractivity contribution in [3.8, 4) is 11.5 Å². The summed E-state index contributed by atoms with van der Waals surface area (Å²) in [7, 11) is 3.93. The van der Waals surface area contributed by atoms with Crippen molar-refractivity contribution in [1.82, 2.24) is 19.8 Å². The van der Waals surface area contributed by atoms with Crippen LogP contribution in [0.2, 0.25) is 0 Å². The van der Waals surface area contributed by atoms with Gasteiger partial charge in [-0.3, -0.25) is 9.97 Å². The first-order valence-electron chi connectivity index (χ1n) is 9.19. The molecule has 2 rings (SSSR count). The topological polar surface area (TPSA) is 113 Å². The second-order valence-electron chi connectivity index (χ2n) is 7.18. The van der Waals surface area contributed by atoms with Gasteiger partial charge in [0.05, 0.1) is 24.6 Å². The molecular weight excluding hydrogens is 360 g/mol. The van der Waals surface area contributed by atoms with Gasteiger partial charge < -0.3 is 30.2 Å². The standard InChI is InChI=1S/C20H30N4O4/c1-13-19(27)17(11-25)15(7-21-13)9-23(3)5-6-24(4)10-16-8-22-14(2)20(28)18(16)12-26/h7-8,25-28H,5-6,9-12H2,1-4H3. The van der Waals surface area contributed by atoms with E-state index in [1.807, 2.05) is 14.1 Å². The second-order valence-corrected chi connectivity index (χ2v) is 7.18. The van der Waals surface area contributed by atoms with Crippen LogP contribution in [0.15, 0.2) is 12.4 Å². The van der Waals surface area contributed by atoms with Crippen LogP contribution >= 0.6 is 0 Å². The molecule has 0 atom stereocenters. The van der Waals surface area contributed by atoms with Crippen molar-refractivity contribution in [3.63, 3.8) is 0 Å². The lowest BCUT2D eigenvalue weighted by Crippen LogP contribution is -2.31.